The van der Waals surface area contributed by atoms with E-state index in [1.807, 2.05) is 0 Å². The Kier molecular flexibility index (Phi) is 5.36. The molecule has 3 aliphatic heterocycles. The molecular weight excluding hydrogens is 460 g/mol. The molecule has 0 spiro atoms. The molecule has 174 valence electrons. The van der Waals surface area contributed by atoms with Crippen LogP contribution in [0.5, 0.6) is 5.75 Å². The van der Waals surface area contributed by atoms with Crippen molar-refractivity contribution in [1.82, 2.24) is 4.98 Å². The number of halogens is 1. The number of pyridine rings is 1. The van der Waals surface area contributed by atoms with Crippen molar-refractivity contribution in [1.29, 1.82) is 0 Å². The lowest BCUT2D eigenvalue weighted by Gasteiger charge is -2.32. The zero-order valence-corrected chi connectivity index (χ0v) is 18.1. The quantitative estimate of drug-likeness (QED) is 0.359. The molecule has 5 rings (SSSR count). The summed E-state index contributed by atoms with van der Waals surface area (Å²) in [4.78, 5) is 32.9. The van der Waals surface area contributed by atoms with Crippen LogP contribution in [0.3, 0.4) is 0 Å². The summed E-state index contributed by atoms with van der Waals surface area (Å²) in [6.07, 6.45) is 0.282. The van der Waals surface area contributed by atoms with E-state index < -0.39 is 34.7 Å². The van der Waals surface area contributed by atoms with E-state index in [4.69, 9.17) is 40.1 Å². The van der Waals surface area contributed by atoms with Crippen molar-refractivity contribution in [3.63, 3.8) is 0 Å². The molecule has 0 amide bonds. The van der Waals surface area contributed by atoms with E-state index in [2.05, 4.69) is 4.98 Å². The third kappa shape index (κ3) is 3.76. The zero-order valence-electron chi connectivity index (χ0n) is 17.4. The van der Waals surface area contributed by atoms with Gasteiger partial charge in [0.2, 0.25) is 0 Å². The van der Waals surface area contributed by atoms with Crippen molar-refractivity contribution in [3.8, 4) is 5.75 Å². The van der Waals surface area contributed by atoms with Gasteiger partial charge in [0, 0.05) is 27.9 Å². The fourth-order valence-electron chi connectivity index (χ4n) is 4.47. The van der Waals surface area contributed by atoms with Gasteiger partial charge in [-0.15, -0.1) is 10.1 Å². The van der Waals surface area contributed by atoms with Crippen LogP contribution in [0.1, 0.15) is 23.6 Å². The van der Waals surface area contributed by atoms with Crippen LogP contribution in [0.25, 0.3) is 0 Å². The third-order valence-corrected chi connectivity index (χ3v) is 6.30. The van der Waals surface area contributed by atoms with Crippen molar-refractivity contribution < 1.29 is 38.4 Å². The van der Waals surface area contributed by atoms with Gasteiger partial charge in [0.05, 0.1) is 32.6 Å². The topological polar surface area (TPSA) is 128 Å². The smallest absolute Gasteiger partial charge is 0.417 e. The Morgan fingerprint density at radius 1 is 1.18 bits per heavy atom. The highest BCUT2D eigenvalue weighted by Gasteiger charge is 2.65. The minimum atomic E-state index is -1.45. The van der Waals surface area contributed by atoms with E-state index in [-0.39, 0.29) is 25.6 Å². The van der Waals surface area contributed by atoms with Gasteiger partial charge in [-0.2, -0.15) is 0 Å². The average molecular weight is 479 g/mol. The van der Waals surface area contributed by atoms with Crippen LogP contribution >= 0.6 is 11.6 Å². The molecule has 1 aromatic carbocycles. The molecule has 0 N–H and O–H groups in total. The first-order chi connectivity index (χ1) is 15.8. The maximum Gasteiger partial charge on any atom is 0.514 e. The number of benzene rings is 1. The van der Waals surface area contributed by atoms with E-state index >= 15 is 0 Å². The predicted octanol–water partition coefficient (Wildman–Crippen LogP) is 2.94. The number of hydrogen-bond donors (Lipinski definition) is 0. The molecule has 2 aromatic rings. The molecular formula is C21H19ClN2O9. The minimum Gasteiger partial charge on any atom is -0.417 e. The molecule has 0 radical (unpaired) electrons. The highest BCUT2D eigenvalue weighted by molar-refractivity contribution is 6.30. The van der Waals surface area contributed by atoms with E-state index in [0.717, 1.165) is 5.56 Å². The monoisotopic (exact) mass is 478 g/mol. The van der Waals surface area contributed by atoms with E-state index in [9.17, 15) is 14.9 Å². The van der Waals surface area contributed by atoms with Gasteiger partial charge in [0.25, 0.3) is 5.09 Å². The van der Waals surface area contributed by atoms with Crippen molar-refractivity contribution >= 4 is 17.8 Å². The Labute approximate surface area is 192 Å². The Balaban J connectivity index is 1.45. The third-order valence-electron chi connectivity index (χ3n) is 6.05. The van der Waals surface area contributed by atoms with E-state index in [1.165, 1.54) is 13.1 Å². The maximum absolute atomic E-state index is 13.0. The second kappa shape index (κ2) is 8.10. The minimum absolute atomic E-state index is 0.134. The van der Waals surface area contributed by atoms with Crippen molar-refractivity contribution in [2.24, 2.45) is 0 Å². The average Bonchev–Trinajstić information content (AvgIpc) is 3.46. The molecule has 12 heteroatoms. The van der Waals surface area contributed by atoms with Crippen LogP contribution in [-0.4, -0.2) is 47.2 Å². The SMILES string of the molecule is C[C@]1(O[N+](=O)[O-])CO[C@@H]2[C@@H]1OC[C@@]2(OC(=O)Oc1cncc2c1COC2)c1ccc(Cl)cc1. The summed E-state index contributed by atoms with van der Waals surface area (Å²) in [5.74, 6) is 0.227. The number of nitrogens with zero attached hydrogens (tertiary/aromatic N) is 2. The number of fused-ring (bicyclic) bond motifs is 2. The molecule has 2 saturated heterocycles. The standard InChI is InChI=1S/C21H19ClN2O9/c1-20(33-24(26)27)10-29-18-17(20)30-11-21(18,13-2-4-14(22)5-3-13)32-19(25)31-16-7-23-6-12-8-28-9-15(12)16/h2-7,17-18H,8-11H2,1H3/t17-,18+,20-,21+/m0/s1. The van der Waals surface area contributed by atoms with Gasteiger partial charge in [0.1, 0.15) is 12.2 Å². The second-order valence-electron chi connectivity index (χ2n) is 8.21. The summed E-state index contributed by atoms with van der Waals surface area (Å²) in [6, 6.07) is 6.61. The van der Waals surface area contributed by atoms with E-state index in [1.54, 1.807) is 30.5 Å². The fraction of sp³-hybridized carbons (Fsp3) is 0.429. The second-order valence-corrected chi connectivity index (χ2v) is 8.65. The first-order valence-corrected chi connectivity index (χ1v) is 10.5. The predicted molar refractivity (Wildman–Crippen MR) is 109 cm³/mol. The molecule has 3 aliphatic rings. The summed E-state index contributed by atoms with van der Waals surface area (Å²) in [5, 5.41) is 10.6. The zero-order chi connectivity index (χ0) is 23.2. The van der Waals surface area contributed by atoms with Crippen LogP contribution < -0.4 is 4.74 Å². The molecule has 0 aliphatic carbocycles. The summed E-state index contributed by atoms with van der Waals surface area (Å²) in [5.41, 5.74) is -0.763. The Morgan fingerprint density at radius 2 is 1.94 bits per heavy atom. The fourth-order valence-corrected chi connectivity index (χ4v) is 4.59. The highest BCUT2D eigenvalue weighted by atomic mass is 35.5. The first-order valence-electron chi connectivity index (χ1n) is 10.1. The van der Waals surface area contributed by atoms with Crippen LogP contribution in [0.15, 0.2) is 36.7 Å². The number of aromatic nitrogens is 1. The maximum atomic E-state index is 13.0. The largest absolute Gasteiger partial charge is 0.514 e. The molecule has 4 atom stereocenters. The van der Waals surface area contributed by atoms with Gasteiger partial charge in [-0.1, -0.05) is 23.7 Å². The number of hydrogen-bond acceptors (Lipinski definition) is 10. The van der Waals surface area contributed by atoms with Crippen molar-refractivity contribution in [2.75, 3.05) is 13.2 Å². The van der Waals surface area contributed by atoms with Crippen LogP contribution in [-0.2, 0) is 42.6 Å². The number of ether oxygens (including phenoxy) is 5. The summed E-state index contributed by atoms with van der Waals surface area (Å²) in [7, 11) is 0. The molecule has 0 saturated carbocycles. The lowest BCUT2D eigenvalue weighted by Crippen LogP contribution is -2.48. The Hall–Kier alpha value is -2.99. The molecule has 2 fully saturated rings. The van der Waals surface area contributed by atoms with Gasteiger partial charge < -0.3 is 28.5 Å². The Bertz CT molecular complexity index is 1100. The van der Waals surface area contributed by atoms with Gasteiger partial charge in [-0.25, -0.2) is 4.79 Å². The summed E-state index contributed by atoms with van der Waals surface area (Å²) >= 11 is 6.04. The van der Waals surface area contributed by atoms with E-state index in [0.29, 0.717) is 22.8 Å². The molecule has 1 aromatic heterocycles. The van der Waals surface area contributed by atoms with Crippen molar-refractivity contribution in [3.05, 3.63) is 68.5 Å². The first kappa shape index (κ1) is 21.8. The lowest BCUT2D eigenvalue weighted by atomic mass is 9.85. The number of rotatable bonds is 5. The molecule has 4 heterocycles. The lowest BCUT2D eigenvalue weighted by molar-refractivity contribution is -0.781. The van der Waals surface area contributed by atoms with Crippen LogP contribution in [0, 0.1) is 10.1 Å². The number of carbonyl (C=O) groups is 1. The number of carbonyl (C=O) groups excluding carboxylic acids is 1. The molecule has 0 unspecified atom stereocenters. The molecule has 11 nitrogen and oxygen atoms in total. The van der Waals surface area contributed by atoms with Gasteiger partial charge >= 0.3 is 6.16 Å². The summed E-state index contributed by atoms with van der Waals surface area (Å²) < 4.78 is 28.4. The normalized spacial score (nSPS) is 29.9. The van der Waals surface area contributed by atoms with Crippen LogP contribution in [0.4, 0.5) is 4.79 Å². The highest BCUT2D eigenvalue weighted by Crippen LogP contribution is 2.48. The van der Waals surface area contributed by atoms with Gasteiger partial charge in [-0.3, -0.25) is 4.98 Å². The summed E-state index contributed by atoms with van der Waals surface area (Å²) in [6.45, 7) is 1.91. The van der Waals surface area contributed by atoms with Gasteiger partial charge in [-0.05, 0) is 19.1 Å². The van der Waals surface area contributed by atoms with Crippen LogP contribution in [0.2, 0.25) is 5.02 Å². The van der Waals surface area contributed by atoms with Gasteiger partial charge in [0.15, 0.2) is 17.0 Å². The molecule has 0 bridgehead atoms. The molecule has 33 heavy (non-hydrogen) atoms. The van der Waals surface area contributed by atoms with Crippen molar-refractivity contribution in [2.45, 2.75) is 43.5 Å². The Morgan fingerprint density at radius 3 is 2.70 bits per heavy atom.